The van der Waals surface area contributed by atoms with Gasteiger partial charge in [-0.25, -0.2) is 10.4 Å². The van der Waals surface area contributed by atoms with Gasteiger partial charge < -0.3 is 13.9 Å². The average molecular weight is 464 g/mol. The molecular weight excluding hydrogens is 446 g/mol. The van der Waals surface area contributed by atoms with E-state index in [0.717, 1.165) is 15.6 Å². The summed E-state index contributed by atoms with van der Waals surface area (Å²) in [6, 6.07) is 11.1. The maximum Gasteiger partial charge on any atom is 0.257 e. The highest BCUT2D eigenvalue weighted by Crippen LogP contribution is 2.36. The summed E-state index contributed by atoms with van der Waals surface area (Å²) in [5, 5.41) is 4.43. The number of amides is 1. The number of hydrogen-bond acceptors (Lipinski definition) is 7. The van der Waals surface area contributed by atoms with E-state index >= 15 is 0 Å². The number of halogens is 1. The molecule has 1 N–H and O–H groups in total. The third-order valence-electron chi connectivity index (χ3n) is 3.54. The molecule has 0 saturated heterocycles. The molecule has 146 valence electrons. The van der Waals surface area contributed by atoms with E-state index in [9.17, 15) is 4.79 Å². The molecule has 0 atom stereocenters. The normalized spacial score (nSPS) is 11.1. The molecule has 0 spiro atoms. The lowest BCUT2D eigenvalue weighted by atomic mass is 10.2. The van der Waals surface area contributed by atoms with Crippen molar-refractivity contribution in [2.45, 2.75) is 12.1 Å². The lowest BCUT2D eigenvalue weighted by Gasteiger charge is -2.11. The van der Waals surface area contributed by atoms with Gasteiger partial charge in [-0.3, -0.25) is 4.79 Å². The second-order valence-electron chi connectivity index (χ2n) is 5.50. The molecule has 0 bridgehead atoms. The van der Waals surface area contributed by atoms with E-state index in [4.69, 9.17) is 13.9 Å². The summed E-state index contributed by atoms with van der Waals surface area (Å²) in [4.78, 5) is 16.3. The van der Waals surface area contributed by atoms with Gasteiger partial charge in [-0.05, 0) is 52.7 Å². The van der Waals surface area contributed by atoms with Crippen LogP contribution in [0.3, 0.4) is 0 Å². The monoisotopic (exact) mass is 463 g/mol. The average Bonchev–Trinajstić information content (AvgIpc) is 3.11. The lowest BCUT2D eigenvalue weighted by Crippen LogP contribution is -2.19. The highest BCUT2D eigenvalue weighted by Gasteiger charge is 2.11. The van der Waals surface area contributed by atoms with E-state index in [0.29, 0.717) is 28.9 Å². The molecule has 3 aromatic rings. The lowest BCUT2D eigenvalue weighted by molar-refractivity contribution is -0.118. The SMILES string of the molecule is CCOc1c(Br)cc(/C=N\NC(=O)CSc2nc3ccccc3o2)cc1OC. The Morgan fingerprint density at radius 3 is 2.96 bits per heavy atom. The number of methoxy groups -OCH3 is 1. The minimum Gasteiger partial charge on any atom is -0.493 e. The predicted molar refractivity (Wildman–Crippen MR) is 112 cm³/mol. The van der Waals surface area contributed by atoms with E-state index in [1.54, 1.807) is 13.2 Å². The van der Waals surface area contributed by atoms with E-state index in [-0.39, 0.29) is 11.7 Å². The van der Waals surface area contributed by atoms with Crippen molar-refractivity contribution in [1.29, 1.82) is 0 Å². The van der Waals surface area contributed by atoms with Crippen molar-refractivity contribution >= 4 is 50.9 Å². The van der Waals surface area contributed by atoms with Crippen LogP contribution >= 0.6 is 27.7 Å². The summed E-state index contributed by atoms with van der Waals surface area (Å²) < 4.78 is 17.2. The fraction of sp³-hybridized carbons (Fsp3) is 0.211. The van der Waals surface area contributed by atoms with E-state index < -0.39 is 0 Å². The van der Waals surface area contributed by atoms with Gasteiger partial charge in [-0.2, -0.15) is 5.10 Å². The molecule has 9 heteroatoms. The fourth-order valence-corrected chi connectivity index (χ4v) is 3.55. The molecule has 0 unspecified atom stereocenters. The number of aromatic nitrogens is 1. The number of nitrogens with zero attached hydrogens (tertiary/aromatic N) is 2. The quantitative estimate of drug-likeness (QED) is 0.305. The highest BCUT2D eigenvalue weighted by atomic mass is 79.9. The minimum absolute atomic E-state index is 0.139. The standard InChI is InChI=1S/C19H18BrN3O4S/c1-3-26-18-13(20)8-12(9-16(18)25-2)10-21-23-17(24)11-28-19-22-14-6-4-5-7-15(14)27-19/h4-10H,3,11H2,1-2H3,(H,23,24)/b21-10-. The number of nitrogens with one attached hydrogen (secondary N) is 1. The first-order chi connectivity index (χ1) is 13.6. The van der Waals surface area contributed by atoms with Gasteiger partial charge in [0.25, 0.3) is 11.1 Å². The van der Waals surface area contributed by atoms with Crippen LogP contribution in [0.2, 0.25) is 0 Å². The number of oxazole rings is 1. The topological polar surface area (TPSA) is 86.0 Å². The van der Waals surface area contributed by atoms with Crippen molar-refractivity contribution in [1.82, 2.24) is 10.4 Å². The van der Waals surface area contributed by atoms with Crippen LogP contribution in [-0.2, 0) is 4.79 Å². The predicted octanol–water partition coefficient (Wildman–Crippen LogP) is 4.24. The molecule has 1 amide bonds. The van der Waals surface area contributed by atoms with Gasteiger partial charge in [0.1, 0.15) is 5.52 Å². The number of thioether (sulfide) groups is 1. The molecule has 0 saturated carbocycles. The Bertz CT molecular complexity index is 973. The molecule has 7 nitrogen and oxygen atoms in total. The smallest absolute Gasteiger partial charge is 0.257 e. The summed E-state index contributed by atoms with van der Waals surface area (Å²) in [7, 11) is 1.57. The van der Waals surface area contributed by atoms with Crippen LogP contribution in [0, 0.1) is 0 Å². The zero-order valence-electron chi connectivity index (χ0n) is 15.3. The van der Waals surface area contributed by atoms with Crippen molar-refractivity contribution in [3.05, 3.63) is 46.4 Å². The molecule has 1 heterocycles. The Hall–Kier alpha value is -2.52. The second-order valence-corrected chi connectivity index (χ2v) is 7.28. The molecule has 1 aromatic heterocycles. The summed E-state index contributed by atoms with van der Waals surface area (Å²) in [5.74, 6) is 1.08. The largest absolute Gasteiger partial charge is 0.493 e. The van der Waals surface area contributed by atoms with Crippen LogP contribution < -0.4 is 14.9 Å². The second kappa shape index (κ2) is 9.61. The molecule has 3 rings (SSSR count). The molecule has 0 aliphatic heterocycles. The Morgan fingerprint density at radius 1 is 1.39 bits per heavy atom. The zero-order chi connectivity index (χ0) is 19.9. The van der Waals surface area contributed by atoms with Crippen LogP contribution in [0.5, 0.6) is 11.5 Å². The van der Waals surface area contributed by atoms with Gasteiger partial charge in [-0.1, -0.05) is 23.9 Å². The third kappa shape index (κ3) is 5.05. The van der Waals surface area contributed by atoms with Gasteiger partial charge in [0.05, 0.1) is 30.2 Å². The summed E-state index contributed by atoms with van der Waals surface area (Å²) >= 11 is 4.66. The number of hydrogen-bond donors (Lipinski definition) is 1. The Morgan fingerprint density at radius 2 is 2.21 bits per heavy atom. The van der Waals surface area contributed by atoms with Gasteiger partial charge in [-0.15, -0.1) is 0 Å². The first kappa shape index (κ1) is 20.2. The van der Waals surface area contributed by atoms with E-state index in [1.807, 2.05) is 37.3 Å². The van der Waals surface area contributed by atoms with E-state index in [2.05, 4.69) is 31.4 Å². The summed E-state index contributed by atoms with van der Waals surface area (Å²) in [5.41, 5.74) is 4.69. The van der Waals surface area contributed by atoms with Crippen LogP contribution in [0.25, 0.3) is 11.1 Å². The number of carbonyl (C=O) groups excluding carboxylic acids is 1. The minimum atomic E-state index is -0.263. The van der Waals surface area contributed by atoms with Crippen molar-refractivity contribution in [2.24, 2.45) is 5.10 Å². The van der Waals surface area contributed by atoms with E-state index in [1.165, 1.54) is 18.0 Å². The van der Waals surface area contributed by atoms with Gasteiger partial charge in [0, 0.05) is 0 Å². The fourth-order valence-electron chi connectivity index (χ4n) is 2.35. The molecule has 2 aromatic carbocycles. The maximum atomic E-state index is 12.0. The van der Waals surface area contributed by atoms with Crippen molar-refractivity contribution in [2.75, 3.05) is 19.5 Å². The maximum absolute atomic E-state index is 12.0. The van der Waals surface area contributed by atoms with Crippen LogP contribution in [0.15, 0.2) is 55.6 Å². The number of ether oxygens (including phenoxy) is 2. The van der Waals surface area contributed by atoms with Crippen LogP contribution in [-0.4, -0.2) is 36.6 Å². The number of para-hydroxylation sites is 2. The van der Waals surface area contributed by atoms with Crippen molar-refractivity contribution < 1.29 is 18.7 Å². The first-order valence-corrected chi connectivity index (χ1v) is 10.2. The number of carbonyl (C=O) groups is 1. The molecule has 0 fully saturated rings. The Balaban J connectivity index is 1.56. The molecule has 0 aliphatic rings. The number of fused-ring (bicyclic) bond motifs is 1. The summed E-state index contributed by atoms with van der Waals surface area (Å²) in [6.07, 6.45) is 1.53. The molecule has 28 heavy (non-hydrogen) atoms. The van der Waals surface area contributed by atoms with Crippen molar-refractivity contribution in [3.63, 3.8) is 0 Å². The van der Waals surface area contributed by atoms with Gasteiger partial charge >= 0.3 is 0 Å². The third-order valence-corrected chi connectivity index (χ3v) is 4.96. The molecule has 0 aliphatic carbocycles. The number of rotatable bonds is 8. The first-order valence-electron chi connectivity index (χ1n) is 8.41. The Labute approximate surface area is 174 Å². The zero-order valence-corrected chi connectivity index (χ0v) is 17.7. The summed E-state index contributed by atoms with van der Waals surface area (Å²) in [6.45, 7) is 2.42. The van der Waals surface area contributed by atoms with Crippen LogP contribution in [0.1, 0.15) is 12.5 Å². The van der Waals surface area contributed by atoms with Gasteiger partial charge in [0.15, 0.2) is 17.1 Å². The molecule has 0 radical (unpaired) electrons. The number of benzene rings is 2. The molecular formula is C19H18BrN3O4S. The van der Waals surface area contributed by atoms with Crippen molar-refractivity contribution in [3.8, 4) is 11.5 Å². The highest BCUT2D eigenvalue weighted by molar-refractivity contribution is 9.10. The van der Waals surface area contributed by atoms with Crippen LogP contribution in [0.4, 0.5) is 0 Å². The Kier molecular flexibility index (Phi) is 6.94. The number of hydrazone groups is 1. The van der Waals surface area contributed by atoms with Gasteiger partial charge in [0.2, 0.25) is 0 Å².